The fourth-order valence-corrected chi connectivity index (χ4v) is 6.35. The number of carbonyl (C=O) groups excluding carboxylic acids is 1. The number of hydrogen-bond acceptors (Lipinski definition) is 5. The standard InChI is InChI=1S/C32H33ClN4O3/c1-4-29(38)36-16-21(17-36)18-37-28-15-26(33)25(24-12-6-10-22-9-5-8-20(2)30(22)24)14-27(28)34-31(32(37)39)40-19-23-11-7-13-35(23)3/h4-6,8-10,12,14-15,21,23H,1,7,11,13,16-19H2,2-3H3/t23-/m0/s1. The summed E-state index contributed by atoms with van der Waals surface area (Å²) >= 11 is 6.94. The fourth-order valence-electron chi connectivity index (χ4n) is 6.09. The zero-order valence-electron chi connectivity index (χ0n) is 22.9. The number of ether oxygens (including phenoxy) is 1. The monoisotopic (exact) mass is 556 g/mol. The third kappa shape index (κ3) is 4.78. The minimum Gasteiger partial charge on any atom is -0.472 e. The van der Waals surface area contributed by atoms with E-state index in [9.17, 15) is 9.59 Å². The molecule has 7 nitrogen and oxygen atoms in total. The number of likely N-dealkylation sites (N-methyl/N-ethyl adjacent to an activating group) is 1. The molecule has 40 heavy (non-hydrogen) atoms. The van der Waals surface area contributed by atoms with Crippen LogP contribution in [0.3, 0.4) is 0 Å². The highest BCUT2D eigenvalue weighted by molar-refractivity contribution is 6.34. The molecule has 3 heterocycles. The molecule has 8 heteroatoms. The van der Waals surface area contributed by atoms with E-state index in [1.54, 1.807) is 9.47 Å². The number of carbonyl (C=O) groups is 1. The summed E-state index contributed by atoms with van der Waals surface area (Å²) < 4.78 is 7.84. The molecule has 0 unspecified atom stereocenters. The normalized spacial score (nSPS) is 17.9. The van der Waals surface area contributed by atoms with Gasteiger partial charge in [0.25, 0.3) is 5.88 Å². The smallest absolute Gasteiger partial charge is 0.313 e. The van der Waals surface area contributed by atoms with Crippen LogP contribution in [0, 0.1) is 12.8 Å². The lowest BCUT2D eigenvalue weighted by Crippen LogP contribution is -2.51. The van der Waals surface area contributed by atoms with Gasteiger partial charge in [-0.3, -0.25) is 9.59 Å². The number of likely N-dealkylation sites (tertiary alicyclic amines) is 2. The number of aromatic nitrogens is 2. The van der Waals surface area contributed by atoms with Crippen LogP contribution < -0.4 is 10.3 Å². The maximum absolute atomic E-state index is 13.7. The van der Waals surface area contributed by atoms with Crippen molar-refractivity contribution in [1.29, 1.82) is 0 Å². The Kier molecular flexibility index (Phi) is 7.11. The predicted octanol–water partition coefficient (Wildman–Crippen LogP) is 5.30. The highest BCUT2D eigenvalue weighted by Crippen LogP contribution is 2.37. The molecule has 0 saturated carbocycles. The number of fused-ring (bicyclic) bond motifs is 2. The van der Waals surface area contributed by atoms with Gasteiger partial charge in [-0.25, -0.2) is 4.98 Å². The van der Waals surface area contributed by atoms with Crippen LogP contribution in [0.1, 0.15) is 18.4 Å². The SMILES string of the molecule is C=CC(=O)N1CC(Cn2c(=O)c(OC[C@@H]3CCCN3C)nc3cc(-c4cccc5cccc(C)c45)c(Cl)cc32)C1. The highest BCUT2D eigenvalue weighted by atomic mass is 35.5. The first kappa shape index (κ1) is 26.5. The number of nitrogens with zero attached hydrogens (tertiary/aromatic N) is 4. The molecule has 206 valence electrons. The number of rotatable bonds is 7. The summed E-state index contributed by atoms with van der Waals surface area (Å²) in [4.78, 5) is 34.5. The Morgan fingerprint density at radius 3 is 2.67 bits per heavy atom. The van der Waals surface area contributed by atoms with Gasteiger partial charge in [0.05, 0.1) is 16.1 Å². The van der Waals surface area contributed by atoms with Crippen molar-refractivity contribution in [2.45, 2.75) is 32.4 Å². The second-order valence-corrected chi connectivity index (χ2v) is 11.4. The molecule has 2 saturated heterocycles. The Morgan fingerprint density at radius 1 is 1.18 bits per heavy atom. The highest BCUT2D eigenvalue weighted by Gasteiger charge is 2.31. The largest absolute Gasteiger partial charge is 0.472 e. The van der Waals surface area contributed by atoms with Crippen molar-refractivity contribution in [1.82, 2.24) is 19.4 Å². The van der Waals surface area contributed by atoms with Gasteiger partial charge in [0.15, 0.2) is 0 Å². The Labute approximate surface area is 238 Å². The minimum absolute atomic E-state index is 0.0917. The van der Waals surface area contributed by atoms with Gasteiger partial charge in [0.1, 0.15) is 6.61 Å². The van der Waals surface area contributed by atoms with Crippen LogP contribution in [-0.4, -0.2) is 64.6 Å². The lowest BCUT2D eigenvalue weighted by molar-refractivity contribution is -0.132. The maximum Gasteiger partial charge on any atom is 0.313 e. The molecule has 3 aromatic carbocycles. The molecule has 2 fully saturated rings. The number of halogens is 1. The molecule has 0 spiro atoms. The number of benzene rings is 3. The van der Waals surface area contributed by atoms with E-state index in [4.69, 9.17) is 21.3 Å². The van der Waals surface area contributed by atoms with E-state index in [0.717, 1.165) is 46.8 Å². The molecule has 0 aliphatic carbocycles. The first-order valence-electron chi connectivity index (χ1n) is 13.8. The zero-order valence-corrected chi connectivity index (χ0v) is 23.7. The van der Waals surface area contributed by atoms with E-state index in [1.807, 2.05) is 18.2 Å². The molecular weight excluding hydrogens is 524 g/mol. The molecule has 4 aromatic rings. The van der Waals surface area contributed by atoms with Gasteiger partial charge in [-0.1, -0.05) is 54.6 Å². The molecular formula is C32H33ClN4O3. The van der Waals surface area contributed by atoms with E-state index >= 15 is 0 Å². The molecule has 2 aliphatic rings. The first-order valence-corrected chi connectivity index (χ1v) is 14.2. The third-order valence-electron chi connectivity index (χ3n) is 8.38. The third-order valence-corrected chi connectivity index (χ3v) is 8.69. The van der Waals surface area contributed by atoms with Gasteiger partial charge >= 0.3 is 5.56 Å². The van der Waals surface area contributed by atoms with Crippen molar-refractivity contribution in [2.24, 2.45) is 5.92 Å². The van der Waals surface area contributed by atoms with Gasteiger partial charge < -0.3 is 19.1 Å². The molecule has 0 radical (unpaired) electrons. The lowest BCUT2D eigenvalue weighted by Gasteiger charge is -2.39. The van der Waals surface area contributed by atoms with Crippen molar-refractivity contribution in [3.63, 3.8) is 0 Å². The second-order valence-electron chi connectivity index (χ2n) is 11.0. The summed E-state index contributed by atoms with van der Waals surface area (Å²) in [5.74, 6) is 0.152. The van der Waals surface area contributed by atoms with Crippen LogP contribution in [0.5, 0.6) is 5.88 Å². The number of amides is 1. The summed E-state index contributed by atoms with van der Waals surface area (Å²) in [6.45, 7) is 8.71. The van der Waals surface area contributed by atoms with Crippen molar-refractivity contribution in [3.05, 3.63) is 82.1 Å². The maximum atomic E-state index is 13.7. The summed E-state index contributed by atoms with van der Waals surface area (Å²) in [6.07, 6.45) is 3.48. The van der Waals surface area contributed by atoms with E-state index < -0.39 is 0 Å². The number of hydrogen-bond donors (Lipinski definition) is 0. The van der Waals surface area contributed by atoms with Crippen LogP contribution in [0.2, 0.25) is 5.02 Å². The van der Waals surface area contributed by atoms with Gasteiger partial charge in [-0.2, -0.15) is 0 Å². The van der Waals surface area contributed by atoms with Crippen LogP contribution in [0.4, 0.5) is 0 Å². The van der Waals surface area contributed by atoms with E-state index in [0.29, 0.717) is 42.3 Å². The number of aryl methyl sites for hydroxylation is 1. The Bertz CT molecular complexity index is 1690. The summed E-state index contributed by atoms with van der Waals surface area (Å²) in [5.41, 5.74) is 4.09. The van der Waals surface area contributed by atoms with Crippen molar-refractivity contribution in [3.8, 4) is 17.0 Å². The molecule has 1 aromatic heterocycles. The molecule has 2 aliphatic heterocycles. The zero-order chi connectivity index (χ0) is 28.0. The summed E-state index contributed by atoms with van der Waals surface area (Å²) in [5, 5.41) is 2.83. The van der Waals surface area contributed by atoms with Crippen LogP contribution >= 0.6 is 11.6 Å². The topological polar surface area (TPSA) is 67.7 Å². The average molecular weight is 557 g/mol. The quantitative estimate of drug-likeness (QED) is 0.289. The van der Waals surface area contributed by atoms with Crippen molar-refractivity contribution < 1.29 is 9.53 Å². The second kappa shape index (κ2) is 10.7. The molecule has 6 rings (SSSR count). The van der Waals surface area contributed by atoms with Gasteiger partial charge in [0.2, 0.25) is 5.91 Å². The van der Waals surface area contributed by atoms with Gasteiger partial charge in [-0.05, 0) is 73.5 Å². The van der Waals surface area contributed by atoms with Crippen LogP contribution in [0.15, 0.2) is 66.0 Å². The molecule has 0 N–H and O–H groups in total. The summed E-state index contributed by atoms with van der Waals surface area (Å²) in [6, 6.07) is 16.5. The van der Waals surface area contributed by atoms with E-state index in [1.165, 1.54) is 6.08 Å². The molecule has 1 atom stereocenters. The Balaban J connectivity index is 1.44. The van der Waals surface area contributed by atoms with Gasteiger partial charge in [0, 0.05) is 37.2 Å². The summed E-state index contributed by atoms with van der Waals surface area (Å²) in [7, 11) is 2.08. The van der Waals surface area contributed by atoms with Crippen molar-refractivity contribution >= 4 is 39.3 Å². The first-order chi connectivity index (χ1) is 19.3. The fraction of sp³-hybridized carbons (Fsp3) is 0.344. The lowest BCUT2D eigenvalue weighted by atomic mass is 9.94. The van der Waals surface area contributed by atoms with Crippen LogP contribution in [-0.2, 0) is 11.3 Å². The van der Waals surface area contributed by atoms with E-state index in [-0.39, 0.29) is 29.3 Å². The predicted molar refractivity (Wildman–Crippen MR) is 160 cm³/mol. The van der Waals surface area contributed by atoms with Crippen molar-refractivity contribution in [2.75, 3.05) is 33.3 Å². The minimum atomic E-state index is -0.272. The molecule has 0 bridgehead atoms. The average Bonchev–Trinajstić information content (AvgIpc) is 3.34. The van der Waals surface area contributed by atoms with Crippen LogP contribution in [0.25, 0.3) is 32.9 Å². The Morgan fingerprint density at radius 2 is 1.95 bits per heavy atom. The van der Waals surface area contributed by atoms with E-state index in [2.05, 4.69) is 55.8 Å². The molecule has 1 amide bonds. The Hall–Kier alpha value is -3.68. The van der Waals surface area contributed by atoms with Gasteiger partial charge in [-0.15, -0.1) is 0 Å².